The van der Waals surface area contributed by atoms with Gasteiger partial charge in [0.05, 0.1) is 24.6 Å². The molecule has 0 radical (unpaired) electrons. The highest BCUT2D eigenvalue weighted by molar-refractivity contribution is 5.94. The van der Waals surface area contributed by atoms with E-state index in [1.54, 1.807) is 0 Å². The summed E-state index contributed by atoms with van der Waals surface area (Å²) < 4.78 is 5.49. The number of hydrogen-bond acceptors (Lipinski definition) is 5. The fourth-order valence-electron chi connectivity index (χ4n) is 2.85. The van der Waals surface area contributed by atoms with Gasteiger partial charge in [-0.1, -0.05) is 0 Å². The van der Waals surface area contributed by atoms with E-state index in [9.17, 15) is 4.79 Å². The zero-order valence-corrected chi connectivity index (χ0v) is 13.6. The van der Waals surface area contributed by atoms with Crippen molar-refractivity contribution in [2.24, 2.45) is 0 Å². The monoisotopic (exact) mass is 326 g/mol. The molecule has 2 N–H and O–H groups in total. The Labute approximate surface area is 137 Å². The van der Waals surface area contributed by atoms with Crippen LogP contribution in [0.5, 0.6) is 0 Å². The minimum atomic E-state index is -0.321. The zero-order valence-electron chi connectivity index (χ0n) is 12.7. The molecule has 2 saturated heterocycles. The van der Waals surface area contributed by atoms with Crippen LogP contribution in [0.4, 0.5) is 11.5 Å². The Kier molecular flexibility index (Phi) is 5.99. The van der Waals surface area contributed by atoms with Crippen molar-refractivity contribution >= 4 is 29.8 Å². The van der Waals surface area contributed by atoms with E-state index in [2.05, 4.69) is 20.5 Å². The van der Waals surface area contributed by atoms with E-state index in [-0.39, 0.29) is 30.5 Å². The summed E-state index contributed by atoms with van der Waals surface area (Å²) >= 11 is 0. The number of anilines is 2. The molecule has 6 nitrogen and oxygen atoms in total. The lowest BCUT2D eigenvalue weighted by atomic mass is 10.1. The molecule has 1 amide bonds. The maximum absolute atomic E-state index is 12.2. The summed E-state index contributed by atoms with van der Waals surface area (Å²) in [6.07, 6.45) is 4.19. The summed E-state index contributed by atoms with van der Waals surface area (Å²) in [6.45, 7) is 5.43. The van der Waals surface area contributed by atoms with Crippen LogP contribution in [0.2, 0.25) is 0 Å². The molecule has 7 heteroatoms. The lowest BCUT2D eigenvalue weighted by molar-refractivity contribution is -0.123. The number of carbonyl (C=O) groups excluding carboxylic acids is 1. The number of pyridine rings is 1. The first-order valence-corrected chi connectivity index (χ1v) is 7.61. The number of hydrogen-bond donors (Lipinski definition) is 2. The molecule has 0 aromatic carbocycles. The number of ether oxygens (including phenoxy) is 1. The Morgan fingerprint density at radius 3 is 2.82 bits per heavy atom. The minimum absolute atomic E-state index is 0. The number of aromatic nitrogens is 1. The SMILES string of the molecule is C[C@H]1OCCN[C@@H]1C(=O)Nc1ccc(N2CCCC2)cn1.Cl. The Balaban J connectivity index is 0.00000176. The fourth-order valence-corrected chi connectivity index (χ4v) is 2.85. The number of halogens is 1. The number of nitrogens with one attached hydrogen (secondary N) is 2. The van der Waals surface area contributed by atoms with E-state index in [1.165, 1.54) is 12.8 Å². The second-order valence-electron chi connectivity index (χ2n) is 5.59. The first-order chi connectivity index (χ1) is 10.2. The third kappa shape index (κ3) is 3.88. The summed E-state index contributed by atoms with van der Waals surface area (Å²) in [5.74, 6) is 0.492. The average Bonchev–Trinajstić information content (AvgIpc) is 3.02. The van der Waals surface area contributed by atoms with Gasteiger partial charge in [0.2, 0.25) is 5.91 Å². The summed E-state index contributed by atoms with van der Waals surface area (Å²) in [4.78, 5) is 18.9. The van der Waals surface area contributed by atoms with Crippen LogP contribution in [0.3, 0.4) is 0 Å². The van der Waals surface area contributed by atoms with E-state index in [0.29, 0.717) is 19.0 Å². The molecule has 2 aliphatic rings. The predicted molar refractivity (Wildman–Crippen MR) is 88.8 cm³/mol. The molecule has 1 aromatic rings. The normalized spacial score (nSPS) is 24.7. The van der Waals surface area contributed by atoms with Gasteiger partial charge in [-0.25, -0.2) is 4.98 Å². The van der Waals surface area contributed by atoms with Crippen LogP contribution in [0.1, 0.15) is 19.8 Å². The van der Waals surface area contributed by atoms with Crippen LogP contribution in [0.15, 0.2) is 18.3 Å². The number of carbonyl (C=O) groups is 1. The standard InChI is InChI=1S/C15H22N4O2.ClH/c1-11-14(16-6-9-21-11)15(20)18-13-5-4-12(10-17-13)19-7-2-3-8-19;/h4-5,10-11,14,16H,2-3,6-9H2,1H3,(H,17,18,20);1H/t11-,14+;/m1./s1. The van der Waals surface area contributed by atoms with Crippen molar-refractivity contribution in [3.8, 4) is 0 Å². The molecule has 0 spiro atoms. The van der Waals surface area contributed by atoms with Crippen LogP contribution in [-0.4, -0.2) is 49.3 Å². The summed E-state index contributed by atoms with van der Waals surface area (Å²) in [7, 11) is 0. The minimum Gasteiger partial charge on any atom is -0.375 e. The van der Waals surface area contributed by atoms with Crippen molar-refractivity contribution in [3.63, 3.8) is 0 Å². The third-order valence-corrected chi connectivity index (χ3v) is 4.07. The number of rotatable bonds is 3. The second-order valence-corrected chi connectivity index (χ2v) is 5.59. The fraction of sp³-hybridized carbons (Fsp3) is 0.600. The van der Waals surface area contributed by atoms with Crippen molar-refractivity contribution in [1.29, 1.82) is 0 Å². The van der Waals surface area contributed by atoms with Gasteiger partial charge in [-0.3, -0.25) is 4.79 Å². The number of nitrogens with zero attached hydrogens (tertiary/aromatic N) is 2. The lowest BCUT2D eigenvalue weighted by Gasteiger charge is -2.29. The molecule has 0 aliphatic carbocycles. The third-order valence-electron chi connectivity index (χ3n) is 4.07. The number of amides is 1. The van der Waals surface area contributed by atoms with Crippen molar-refractivity contribution in [1.82, 2.24) is 10.3 Å². The van der Waals surface area contributed by atoms with Gasteiger partial charge in [0.15, 0.2) is 0 Å². The molecule has 122 valence electrons. The van der Waals surface area contributed by atoms with Crippen LogP contribution >= 0.6 is 12.4 Å². The molecule has 2 fully saturated rings. The van der Waals surface area contributed by atoms with E-state index >= 15 is 0 Å². The largest absolute Gasteiger partial charge is 0.375 e. The lowest BCUT2D eigenvalue weighted by Crippen LogP contribution is -2.53. The quantitative estimate of drug-likeness (QED) is 0.879. The Hall–Kier alpha value is -1.37. The van der Waals surface area contributed by atoms with Gasteiger partial charge >= 0.3 is 0 Å². The van der Waals surface area contributed by atoms with Crippen LogP contribution in [0, 0.1) is 0 Å². The van der Waals surface area contributed by atoms with Gasteiger partial charge in [0.1, 0.15) is 11.9 Å². The molecule has 1 aromatic heterocycles. The van der Waals surface area contributed by atoms with E-state index in [4.69, 9.17) is 4.74 Å². The van der Waals surface area contributed by atoms with Crippen molar-refractivity contribution in [2.45, 2.75) is 31.9 Å². The maximum atomic E-state index is 12.2. The molecule has 0 unspecified atom stereocenters. The van der Waals surface area contributed by atoms with Gasteiger partial charge in [0, 0.05) is 19.6 Å². The van der Waals surface area contributed by atoms with Crippen LogP contribution in [-0.2, 0) is 9.53 Å². The van der Waals surface area contributed by atoms with Crippen LogP contribution in [0.25, 0.3) is 0 Å². The summed E-state index contributed by atoms with van der Waals surface area (Å²) in [5.41, 5.74) is 1.12. The highest BCUT2D eigenvalue weighted by atomic mass is 35.5. The second kappa shape index (κ2) is 7.76. The van der Waals surface area contributed by atoms with Gasteiger partial charge < -0.3 is 20.3 Å². The van der Waals surface area contributed by atoms with Gasteiger partial charge in [-0.15, -0.1) is 12.4 Å². The molecular weight excluding hydrogens is 304 g/mol. The maximum Gasteiger partial charge on any atom is 0.245 e. The number of morpholine rings is 1. The van der Waals surface area contributed by atoms with Gasteiger partial charge in [-0.2, -0.15) is 0 Å². The highest BCUT2D eigenvalue weighted by Gasteiger charge is 2.28. The van der Waals surface area contributed by atoms with Gasteiger partial charge in [-0.05, 0) is 31.9 Å². The average molecular weight is 327 g/mol. The van der Waals surface area contributed by atoms with Gasteiger partial charge in [0.25, 0.3) is 0 Å². The first kappa shape index (κ1) is 17.0. The van der Waals surface area contributed by atoms with Crippen molar-refractivity contribution in [2.75, 3.05) is 36.5 Å². The summed E-state index contributed by atoms with van der Waals surface area (Å²) in [5, 5.41) is 6.02. The molecule has 22 heavy (non-hydrogen) atoms. The Bertz CT molecular complexity index is 491. The first-order valence-electron chi connectivity index (χ1n) is 7.61. The van der Waals surface area contributed by atoms with Crippen molar-refractivity contribution < 1.29 is 9.53 Å². The van der Waals surface area contributed by atoms with Crippen LogP contribution < -0.4 is 15.5 Å². The molecule has 2 atom stereocenters. The molecule has 0 saturated carbocycles. The topological polar surface area (TPSA) is 66.5 Å². The Morgan fingerprint density at radius 1 is 1.41 bits per heavy atom. The van der Waals surface area contributed by atoms with Crippen molar-refractivity contribution in [3.05, 3.63) is 18.3 Å². The van der Waals surface area contributed by atoms with E-state index < -0.39 is 0 Å². The van der Waals surface area contributed by atoms with E-state index in [1.807, 2.05) is 25.3 Å². The molecular formula is C15H23ClN4O2. The molecule has 0 bridgehead atoms. The highest BCUT2D eigenvalue weighted by Crippen LogP contribution is 2.20. The summed E-state index contributed by atoms with van der Waals surface area (Å²) in [6, 6.07) is 3.56. The molecule has 2 aliphatic heterocycles. The predicted octanol–water partition coefficient (Wildman–Crippen LogP) is 1.42. The molecule has 3 rings (SSSR count). The Morgan fingerprint density at radius 2 is 2.18 bits per heavy atom. The zero-order chi connectivity index (χ0) is 14.7. The molecule has 3 heterocycles. The smallest absolute Gasteiger partial charge is 0.245 e. The van der Waals surface area contributed by atoms with E-state index in [0.717, 1.165) is 18.8 Å².